The molecule has 46 heavy (non-hydrogen) atoms. The van der Waals surface area contributed by atoms with Crippen LogP contribution in [0.2, 0.25) is 0 Å². The van der Waals surface area contributed by atoms with E-state index in [9.17, 15) is 14.4 Å². The Morgan fingerprint density at radius 2 is 1.78 bits per heavy atom. The van der Waals surface area contributed by atoms with Gasteiger partial charge in [0, 0.05) is 54.5 Å². The maximum absolute atomic E-state index is 14.3. The highest BCUT2D eigenvalue weighted by atomic mass is 79.9. The second kappa shape index (κ2) is 11.3. The van der Waals surface area contributed by atoms with Gasteiger partial charge in [-0.25, -0.2) is 19.9 Å². The number of pyridine rings is 1. The number of fused-ring (bicyclic) bond motifs is 2. The molecule has 1 aromatic carbocycles. The van der Waals surface area contributed by atoms with E-state index in [1.54, 1.807) is 22.0 Å². The number of halogens is 1. The zero-order chi connectivity index (χ0) is 32.3. The van der Waals surface area contributed by atoms with Gasteiger partial charge in [0.2, 0.25) is 5.91 Å². The van der Waals surface area contributed by atoms with Crippen molar-refractivity contribution in [2.24, 2.45) is 5.41 Å². The lowest BCUT2D eigenvalue weighted by Gasteiger charge is -2.27. The molecule has 1 amide bonds. The third-order valence-corrected chi connectivity index (χ3v) is 9.77. The Hall–Kier alpha value is -4.58. The standard InChI is InChI=1S/C34H33BrN8O3/c1-19-5-8-31(35)39-26(19)10-29(45)28-11-34(17-41-15-20(2)38-18-41)12-30(34)43(28)32(46)16-42-27-7-6-23(24-13-36-22(4)37-14-24)9-25(27)33(40-42)21(3)44/h5-9,13-15,18,28,30H,10-12,16-17H2,1-4H3/t28-,30-,34+/m1/s1. The first-order chi connectivity index (χ1) is 22.0. The second-order valence-electron chi connectivity index (χ2n) is 12.6. The molecule has 7 rings (SSSR count). The van der Waals surface area contributed by atoms with E-state index in [4.69, 9.17) is 0 Å². The van der Waals surface area contributed by atoms with Gasteiger partial charge in [-0.2, -0.15) is 5.10 Å². The lowest BCUT2D eigenvalue weighted by molar-refractivity contribution is -0.139. The lowest BCUT2D eigenvalue weighted by Crippen LogP contribution is -2.45. The highest BCUT2D eigenvalue weighted by Crippen LogP contribution is 2.60. The largest absolute Gasteiger partial charge is 0.337 e. The van der Waals surface area contributed by atoms with Gasteiger partial charge in [-0.3, -0.25) is 19.1 Å². The van der Waals surface area contributed by atoms with Crippen molar-refractivity contribution in [3.05, 3.63) is 88.3 Å². The van der Waals surface area contributed by atoms with Crippen LogP contribution < -0.4 is 0 Å². The summed E-state index contributed by atoms with van der Waals surface area (Å²) in [6.45, 7) is 7.77. The number of rotatable bonds is 9. The summed E-state index contributed by atoms with van der Waals surface area (Å²) >= 11 is 3.42. The molecule has 0 spiro atoms. The number of benzene rings is 1. The zero-order valence-electron chi connectivity index (χ0n) is 26.1. The Bertz CT molecular complexity index is 2030. The average Bonchev–Trinajstić information content (AvgIpc) is 3.27. The number of imidazole rings is 1. The van der Waals surface area contributed by atoms with Gasteiger partial charge in [0.25, 0.3) is 0 Å². The van der Waals surface area contributed by atoms with Crippen molar-refractivity contribution in [1.29, 1.82) is 0 Å². The van der Waals surface area contributed by atoms with Crippen LogP contribution in [-0.2, 0) is 29.1 Å². The van der Waals surface area contributed by atoms with Crippen LogP contribution in [0.15, 0.2) is 59.9 Å². The molecule has 12 heteroatoms. The quantitative estimate of drug-likeness (QED) is 0.160. The fourth-order valence-electron chi connectivity index (χ4n) is 6.91. The minimum absolute atomic E-state index is 0.0323. The third kappa shape index (κ3) is 5.44. The number of carbonyl (C=O) groups excluding carboxylic acids is 3. The molecule has 11 nitrogen and oxygen atoms in total. The van der Waals surface area contributed by atoms with E-state index >= 15 is 0 Å². The lowest BCUT2D eigenvalue weighted by atomic mass is 9.94. The van der Waals surface area contributed by atoms with Gasteiger partial charge in [0.15, 0.2) is 11.6 Å². The van der Waals surface area contributed by atoms with Crippen LogP contribution in [0.25, 0.3) is 22.0 Å². The van der Waals surface area contributed by atoms with Crippen LogP contribution in [0.3, 0.4) is 0 Å². The second-order valence-corrected chi connectivity index (χ2v) is 13.5. The van der Waals surface area contributed by atoms with Crippen molar-refractivity contribution in [2.75, 3.05) is 0 Å². The molecule has 0 N–H and O–H groups in total. The van der Waals surface area contributed by atoms with E-state index in [2.05, 4.69) is 45.5 Å². The molecule has 0 bridgehead atoms. The van der Waals surface area contributed by atoms with E-state index in [1.807, 2.05) is 63.6 Å². The Kier molecular flexibility index (Phi) is 7.42. The third-order valence-electron chi connectivity index (χ3n) is 9.33. The molecule has 0 unspecified atom stereocenters. The molecule has 4 aromatic heterocycles. The molecular weight excluding hydrogens is 648 g/mol. The van der Waals surface area contributed by atoms with Gasteiger partial charge in [-0.05, 0) is 78.9 Å². The summed E-state index contributed by atoms with van der Waals surface area (Å²) in [6.07, 6.45) is 8.82. The average molecular weight is 682 g/mol. The van der Waals surface area contributed by atoms with Gasteiger partial charge in [0.05, 0.1) is 35.7 Å². The first-order valence-electron chi connectivity index (χ1n) is 15.3. The van der Waals surface area contributed by atoms with Crippen LogP contribution >= 0.6 is 15.9 Å². The van der Waals surface area contributed by atoms with Crippen LogP contribution in [0.5, 0.6) is 0 Å². The van der Waals surface area contributed by atoms with Crippen LogP contribution in [0.4, 0.5) is 0 Å². The molecule has 234 valence electrons. The molecule has 3 atom stereocenters. The number of aryl methyl sites for hydroxylation is 3. The van der Waals surface area contributed by atoms with E-state index in [-0.39, 0.29) is 41.9 Å². The number of Topliss-reactive ketones (excluding diaryl/α,β-unsaturated/α-hetero) is 2. The first-order valence-corrected chi connectivity index (χ1v) is 16.1. The maximum Gasteiger partial charge on any atom is 0.245 e. The van der Waals surface area contributed by atoms with Crippen molar-refractivity contribution >= 4 is 44.3 Å². The number of carbonyl (C=O) groups is 3. The number of piperidine rings is 1. The van der Waals surface area contributed by atoms with Crippen molar-refractivity contribution < 1.29 is 14.4 Å². The number of nitrogens with zero attached hydrogens (tertiary/aromatic N) is 8. The summed E-state index contributed by atoms with van der Waals surface area (Å²) in [5.41, 5.74) is 4.97. The predicted molar refractivity (Wildman–Crippen MR) is 174 cm³/mol. The molecule has 5 aromatic rings. The van der Waals surface area contributed by atoms with Crippen LogP contribution in [0.1, 0.15) is 53.0 Å². The molecular formula is C34H33BrN8O3. The molecule has 2 fully saturated rings. The smallest absolute Gasteiger partial charge is 0.245 e. The molecule has 5 heterocycles. The van der Waals surface area contributed by atoms with Crippen molar-refractivity contribution in [3.8, 4) is 11.1 Å². The molecule has 1 aliphatic heterocycles. The SMILES string of the molecule is CC(=O)c1nn(CC(=O)N2[C@@H](C(=O)Cc3nc(Br)ccc3C)C[C@@]3(Cn4cnc(C)c4)C[C@@H]23)c2ccc(-c3cnc(C)nc3)cc12. The summed E-state index contributed by atoms with van der Waals surface area (Å²) in [5.74, 6) is 0.243. The van der Waals surface area contributed by atoms with E-state index in [0.717, 1.165) is 28.8 Å². The Morgan fingerprint density at radius 1 is 1.00 bits per heavy atom. The number of hydrogen-bond acceptors (Lipinski definition) is 8. The minimum Gasteiger partial charge on any atom is -0.337 e. The van der Waals surface area contributed by atoms with Crippen LogP contribution in [0, 0.1) is 26.2 Å². The Balaban J connectivity index is 1.20. The summed E-state index contributed by atoms with van der Waals surface area (Å²) in [4.78, 5) is 60.2. The number of amides is 1. The van der Waals surface area contributed by atoms with Gasteiger partial charge >= 0.3 is 0 Å². The van der Waals surface area contributed by atoms with E-state index in [0.29, 0.717) is 45.7 Å². The molecule has 1 aliphatic carbocycles. The number of likely N-dealkylation sites (tertiary alicyclic amines) is 1. The maximum atomic E-state index is 14.3. The summed E-state index contributed by atoms with van der Waals surface area (Å²) in [5, 5.41) is 5.26. The topological polar surface area (TPSA) is 129 Å². The van der Waals surface area contributed by atoms with Gasteiger partial charge < -0.3 is 9.47 Å². The Labute approximate surface area is 274 Å². The molecule has 2 aliphatic rings. The number of aromatic nitrogens is 7. The molecule has 1 saturated carbocycles. The fraction of sp³-hybridized carbons (Fsp3) is 0.353. The summed E-state index contributed by atoms with van der Waals surface area (Å²) in [6, 6.07) is 8.81. The van der Waals surface area contributed by atoms with Gasteiger partial charge in [-0.1, -0.05) is 12.1 Å². The monoisotopic (exact) mass is 680 g/mol. The summed E-state index contributed by atoms with van der Waals surface area (Å²) in [7, 11) is 0. The summed E-state index contributed by atoms with van der Waals surface area (Å²) < 4.78 is 4.31. The van der Waals surface area contributed by atoms with E-state index in [1.165, 1.54) is 6.92 Å². The normalized spacial score (nSPS) is 20.2. The predicted octanol–water partition coefficient (Wildman–Crippen LogP) is 4.85. The van der Waals surface area contributed by atoms with Gasteiger partial charge in [0.1, 0.15) is 22.7 Å². The van der Waals surface area contributed by atoms with Gasteiger partial charge in [-0.15, -0.1) is 0 Å². The van der Waals surface area contributed by atoms with Crippen molar-refractivity contribution in [1.82, 2.24) is 39.2 Å². The highest BCUT2D eigenvalue weighted by molar-refractivity contribution is 9.10. The number of hydrogen-bond donors (Lipinski definition) is 0. The molecule has 1 saturated heterocycles. The number of ketones is 2. The molecule has 0 radical (unpaired) electrons. The zero-order valence-corrected chi connectivity index (χ0v) is 27.7. The van der Waals surface area contributed by atoms with Crippen molar-refractivity contribution in [3.63, 3.8) is 0 Å². The van der Waals surface area contributed by atoms with Crippen molar-refractivity contribution in [2.45, 2.75) is 72.1 Å². The van der Waals surface area contributed by atoms with E-state index < -0.39 is 6.04 Å². The minimum atomic E-state index is -0.585. The highest BCUT2D eigenvalue weighted by Gasteiger charge is 2.66. The Morgan fingerprint density at radius 3 is 2.50 bits per heavy atom. The first kappa shape index (κ1) is 30.1. The van der Waals surface area contributed by atoms with Crippen LogP contribution in [-0.4, -0.2) is 68.7 Å². The fourth-order valence-corrected chi connectivity index (χ4v) is 7.26.